The lowest BCUT2D eigenvalue weighted by molar-refractivity contribution is -0.137. The van der Waals surface area contributed by atoms with E-state index in [4.69, 9.17) is 5.73 Å². The number of esters is 1. The standard InChI is InChI=1S/C5H8FNO2/c1-9-5(8)4(6)2-3-7/h2H,3,7H2,1H3/b4-2-. The highest BCUT2D eigenvalue weighted by molar-refractivity contribution is 5.85. The first-order valence-electron chi connectivity index (χ1n) is 2.36. The monoisotopic (exact) mass is 133 g/mol. The molecule has 0 aliphatic carbocycles. The van der Waals surface area contributed by atoms with E-state index in [0.29, 0.717) is 0 Å². The molecule has 0 rings (SSSR count). The minimum absolute atomic E-state index is 0.000926. The Morgan fingerprint density at radius 3 is 2.78 bits per heavy atom. The number of nitrogens with two attached hydrogens (primary N) is 1. The highest BCUT2D eigenvalue weighted by Crippen LogP contribution is 1.95. The Morgan fingerprint density at radius 1 is 1.89 bits per heavy atom. The van der Waals surface area contributed by atoms with Gasteiger partial charge in [0.1, 0.15) is 0 Å². The molecule has 3 nitrogen and oxygen atoms in total. The molecule has 0 bridgehead atoms. The molecule has 0 aromatic heterocycles. The number of hydrogen-bond acceptors (Lipinski definition) is 3. The van der Waals surface area contributed by atoms with Crippen LogP contribution in [0.4, 0.5) is 4.39 Å². The summed E-state index contributed by atoms with van der Waals surface area (Å²) in [5.41, 5.74) is 4.90. The average Bonchev–Trinajstić information content (AvgIpc) is 1.87. The number of rotatable bonds is 2. The van der Waals surface area contributed by atoms with Gasteiger partial charge in [0.15, 0.2) is 0 Å². The molecule has 4 heteroatoms. The number of ether oxygens (including phenoxy) is 1. The molecule has 0 aliphatic heterocycles. The number of halogens is 1. The summed E-state index contributed by atoms with van der Waals surface area (Å²) in [5, 5.41) is 0. The molecule has 0 spiro atoms. The molecular weight excluding hydrogens is 125 g/mol. The zero-order valence-electron chi connectivity index (χ0n) is 5.06. The van der Waals surface area contributed by atoms with Crippen LogP contribution in [0.1, 0.15) is 0 Å². The van der Waals surface area contributed by atoms with Gasteiger partial charge in [-0.05, 0) is 6.08 Å². The predicted octanol–water partition coefficient (Wildman–Crippen LogP) is -0.0285. The second-order valence-corrected chi connectivity index (χ2v) is 1.28. The van der Waals surface area contributed by atoms with Crippen LogP contribution in [0.3, 0.4) is 0 Å². The topological polar surface area (TPSA) is 52.3 Å². The molecule has 0 amide bonds. The number of carbonyl (C=O) groups excluding carboxylic acids is 1. The summed E-state index contributed by atoms with van der Waals surface area (Å²) in [7, 11) is 1.10. The quantitative estimate of drug-likeness (QED) is 0.425. The Bertz CT molecular complexity index is 133. The van der Waals surface area contributed by atoms with Crippen molar-refractivity contribution in [1.29, 1.82) is 0 Å². The predicted molar refractivity (Wildman–Crippen MR) is 30.3 cm³/mol. The molecule has 0 radical (unpaired) electrons. The SMILES string of the molecule is COC(=O)/C(F)=C/CN. The van der Waals surface area contributed by atoms with Gasteiger partial charge in [-0.2, -0.15) is 4.39 Å². The van der Waals surface area contributed by atoms with Crippen molar-refractivity contribution in [2.24, 2.45) is 5.73 Å². The van der Waals surface area contributed by atoms with Gasteiger partial charge >= 0.3 is 5.97 Å². The van der Waals surface area contributed by atoms with E-state index in [1.165, 1.54) is 0 Å². The molecule has 0 aromatic rings. The summed E-state index contributed by atoms with van der Waals surface area (Å²) in [6.07, 6.45) is 0.950. The molecule has 2 N–H and O–H groups in total. The van der Waals surface area contributed by atoms with E-state index >= 15 is 0 Å². The van der Waals surface area contributed by atoms with E-state index in [1.807, 2.05) is 0 Å². The number of methoxy groups -OCH3 is 1. The second kappa shape index (κ2) is 4.03. The Kier molecular flexibility index (Phi) is 3.62. The minimum atomic E-state index is -0.986. The van der Waals surface area contributed by atoms with Crippen molar-refractivity contribution in [3.63, 3.8) is 0 Å². The van der Waals surface area contributed by atoms with Gasteiger partial charge in [-0.1, -0.05) is 0 Å². The highest BCUT2D eigenvalue weighted by Gasteiger charge is 2.05. The van der Waals surface area contributed by atoms with Crippen molar-refractivity contribution in [2.75, 3.05) is 13.7 Å². The molecule has 0 aromatic carbocycles. The number of hydrogen-bond donors (Lipinski definition) is 1. The molecule has 0 heterocycles. The number of carbonyl (C=O) groups is 1. The van der Waals surface area contributed by atoms with Crippen molar-refractivity contribution in [3.05, 3.63) is 11.9 Å². The maximum Gasteiger partial charge on any atom is 0.366 e. The average molecular weight is 133 g/mol. The highest BCUT2D eigenvalue weighted by atomic mass is 19.1. The van der Waals surface area contributed by atoms with E-state index in [0.717, 1.165) is 13.2 Å². The van der Waals surface area contributed by atoms with Crippen molar-refractivity contribution < 1.29 is 13.9 Å². The molecule has 0 fully saturated rings. The van der Waals surface area contributed by atoms with E-state index < -0.39 is 11.8 Å². The van der Waals surface area contributed by atoms with E-state index in [-0.39, 0.29) is 6.54 Å². The van der Waals surface area contributed by atoms with Gasteiger partial charge in [-0.3, -0.25) is 0 Å². The summed E-state index contributed by atoms with van der Waals surface area (Å²) in [6.45, 7) is 0.000926. The first kappa shape index (κ1) is 8.10. The lowest BCUT2D eigenvalue weighted by Crippen LogP contribution is -2.03. The maximum absolute atomic E-state index is 12.1. The molecule has 52 valence electrons. The molecule has 0 saturated carbocycles. The summed E-state index contributed by atoms with van der Waals surface area (Å²) < 4.78 is 16.1. The third kappa shape index (κ3) is 2.81. The fourth-order valence-corrected chi connectivity index (χ4v) is 0.284. The Balaban J connectivity index is 3.86. The van der Waals surface area contributed by atoms with Gasteiger partial charge in [0.2, 0.25) is 5.83 Å². The first-order valence-corrected chi connectivity index (χ1v) is 2.36. The van der Waals surface area contributed by atoms with Gasteiger partial charge in [-0.15, -0.1) is 0 Å². The molecule has 0 unspecified atom stereocenters. The van der Waals surface area contributed by atoms with Gasteiger partial charge in [0.25, 0.3) is 0 Å². The second-order valence-electron chi connectivity index (χ2n) is 1.28. The fraction of sp³-hybridized carbons (Fsp3) is 0.400. The summed E-state index contributed by atoms with van der Waals surface area (Å²) >= 11 is 0. The largest absolute Gasteiger partial charge is 0.464 e. The summed E-state index contributed by atoms with van der Waals surface area (Å²) in [5.74, 6) is -1.93. The van der Waals surface area contributed by atoms with Crippen LogP contribution in [0.5, 0.6) is 0 Å². The van der Waals surface area contributed by atoms with Crippen LogP contribution >= 0.6 is 0 Å². The summed E-state index contributed by atoms with van der Waals surface area (Å²) in [4.78, 5) is 10.2. The Labute approximate surface area is 52.3 Å². The Hall–Kier alpha value is -0.900. The van der Waals surface area contributed by atoms with Gasteiger partial charge in [0, 0.05) is 6.54 Å². The molecular formula is C5H8FNO2. The lowest BCUT2D eigenvalue weighted by atomic mass is 10.5. The lowest BCUT2D eigenvalue weighted by Gasteiger charge is -1.91. The zero-order valence-corrected chi connectivity index (χ0v) is 5.06. The minimum Gasteiger partial charge on any atom is -0.464 e. The van der Waals surface area contributed by atoms with Crippen molar-refractivity contribution >= 4 is 5.97 Å². The van der Waals surface area contributed by atoms with Gasteiger partial charge in [-0.25, -0.2) is 4.79 Å². The van der Waals surface area contributed by atoms with Crippen LogP contribution in [0.25, 0.3) is 0 Å². The molecule has 0 saturated heterocycles. The third-order valence-electron chi connectivity index (χ3n) is 0.677. The van der Waals surface area contributed by atoms with E-state index in [9.17, 15) is 9.18 Å². The van der Waals surface area contributed by atoms with Crippen LogP contribution in [-0.2, 0) is 9.53 Å². The van der Waals surface area contributed by atoms with Crippen LogP contribution in [0, 0.1) is 0 Å². The van der Waals surface area contributed by atoms with Gasteiger partial charge < -0.3 is 10.5 Å². The van der Waals surface area contributed by atoms with Crippen molar-refractivity contribution in [1.82, 2.24) is 0 Å². The first-order chi connectivity index (χ1) is 4.22. The summed E-state index contributed by atoms with van der Waals surface area (Å²) in [6, 6.07) is 0. The van der Waals surface area contributed by atoms with E-state index in [2.05, 4.69) is 4.74 Å². The van der Waals surface area contributed by atoms with E-state index in [1.54, 1.807) is 0 Å². The third-order valence-corrected chi connectivity index (χ3v) is 0.677. The van der Waals surface area contributed by atoms with Crippen molar-refractivity contribution in [2.45, 2.75) is 0 Å². The van der Waals surface area contributed by atoms with Gasteiger partial charge in [0.05, 0.1) is 7.11 Å². The molecule has 0 aliphatic rings. The fourth-order valence-electron chi connectivity index (χ4n) is 0.284. The Morgan fingerprint density at radius 2 is 2.44 bits per heavy atom. The molecule has 9 heavy (non-hydrogen) atoms. The zero-order chi connectivity index (χ0) is 7.28. The van der Waals surface area contributed by atoms with Crippen LogP contribution in [0.15, 0.2) is 11.9 Å². The van der Waals surface area contributed by atoms with Crippen LogP contribution in [-0.4, -0.2) is 19.6 Å². The molecule has 0 atom stereocenters. The van der Waals surface area contributed by atoms with Crippen LogP contribution < -0.4 is 5.73 Å². The normalized spacial score (nSPS) is 11.2. The smallest absolute Gasteiger partial charge is 0.366 e. The van der Waals surface area contributed by atoms with Crippen molar-refractivity contribution in [3.8, 4) is 0 Å². The maximum atomic E-state index is 12.1. The van der Waals surface area contributed by atoms with Crippen LogP contribution in [0.2, 0.25) is 0 Å².